The maximum atomic E-state index is 5.66. The molecule has 3 nitrogen and oxygen atoms in total. The smallest absolute Gasteiger partial charge is 0.123 e. The molecule has 0 saturated heterocycles. The Morgan fingerprint density at radius 1 is 1.29 bits per heavy atom. The molecule has 2 aromatic rings. The molecule has 3 heteroatoms. The topological polar surface area (TPSA) is 34.4 Å². The van der Waals surface area contributed by atoms with E-state index in [1.54, 1.807) is 6.26 Å². The van der Waals surface area contributed by atoms with Crippen LogP contribution in [0.5, 0.6) is 5.75 Å². The van der Waals surface area contributed by atoms with Gasteiger partial charge in [0.15, 0.2) is 0 Å². The van der Waals surface area contributed by atoms with Crippen LogP contribution in [0.25, 0.3) is 0 Å². The fraction of sp³-hybridized carbons (Fsp3) is 0.444. The van der Waals surface area contributed by atoms with Gasteiger partial charge in [-0.2, -0.15) is 0 Å². The van der Waals surface area contributed by atoms with Gasteiger partial charge in [0.05, 0.1) is 18.9 Å². The van der Waals surface area contributed by atoms with E-state index in [1.807, 2.05) is 6.07 Å². The monoisotopic (exact) mass is 285 g/mol. The van der Waals surface area contributed by atoms with Gasteiger partial charge in [-0.15, -0.1) is 0 Å². The molecule has 0 bridgehead atoms. The van der Waals surface area contributed by atoms with Crippen LogP contribution in [0.4, 0.5) is 0 Å². The Kier molecular flexibility index (Phi) is 4.30. The largest absolute Gasteiger partial charge is 0.493 e. The van der Waals surface area contributed by atoms with Crippen molar-refractivity contribution in [1.29, 1.82) is 0 Å². The van der Waals surface area contributed by atoms with Gasteiger partial charge in [-0.1, -0.05) is 19.1 Å². The Hall–Kier alpha value is -1.74. The first-order valence-corrected chi connectivity index (χ1v) is 7.80. The van der Waals surface area contributed by atoms with E-state index >= 15 is 0 Å². The Balaban J connectivity index is 1.68. The van der Waals surface area contributed by atoms with Crippen molar-refractivity contribution in [2.75, 3.05) is 13.2 Å². The molecule has 1 atom stereocenters. The quantitative estimate of drug-likeness (QED) is 0.876. The third-order valence-corrected chi connectivity index (χ3v) is 4.14. The highest BCUT2D eigenvalue weighted by atomic mass is 16.5. The number of benzene rings is 1. The van der Waals surface area contributed by atoms with Gasteiger partial charge in [-0.25, -0.2) is 0 Å². The summed E-state index contributed by atoms with van der Waals surface area (Å²) in [5.74, 6) is 2.13. The second-order valence-corrected chi connectivity index (χ2v) is 5.66. The highest BCUT2D eigenvalue weighted by Gasteiger charge is 2.17. The van der Waals surface area contributed by atoms with Crippen molar-refractivity contribution in [3.05, 3.63) is 53.0 Å². The zero-order chi connectivity index (χ0) is 14.7. The average Bonchev–Trinajstić information content (AvgIpc) is 3.11. The number of hydrogen-bond donors (Lipinski definition) is 1. The van der Waals surface area contributed by atoms with Gasteiger partial charge >= 0.3 is 0 Å². The predicted octanol–water partition coefficient (Wildman–Crippen LogP) is 3.81. The molecular formula is C18H23NO2. The molecular weight excluding hydrogens is 262 g/mol. The summed E-state index contributed by atoms with van der Waals surface area (Å²) >= 11 is 0. The number of nitrogens with one attached hydrogen (secondary N) is 1. The van der Waals surface area contributed by atoms with Gasteiger partial charge in [0, 0.05) is 6.42 Å². The number of hydrogen-bond acceptors (Lipinski definition) is 3. The molecule has 0 fully saturated rings. The van der Waals surface area contributed by atoms with Crippen molar-refractivity contribution in [2.45, 2.75) is 39.2 Å². The van der Waals surface area contributed by atoms with Crippen LogP contribution in [0.15, 0.2) is 34.9 Å². The van der Waals surface area contributed by atoms with E-state index in [0.29, 0.717) is 0 Å². The van der Waals surface area contributed by atoms with E-state index in [9.17, 15) is 0 Å². The van der Waals surface area contributed by atoms with Crippen LogP contribution in [0.3, 0.4) is 0 Å². The molecule has 112 valence electrons. The summed E-state index contributed by atoms with van der Waals surface area (Å²) in [6.07, 6.45) is 4.91. The molecule has 1 aromatic heterocycles. The van der Waals surface area contributed by atoms with Crippen LogP contribution in [0, 0.1) is 6.92 Å². The molecule has 0 radical (unpaired) electrons. The second kappa shape index (κ2) is 6.35. The summed E-state index contributed by atoms with van der Waals surface area (Å²) < 4.78 is 11.2. The van der Waals surface area contributed by atoms with Crippen LogP contribution in [-0.2, 0) is 12.8 Å². The summed E-state index contributed by atoms with van der Waals surface area (Å²) in [4.78, 5) is 0. The molecule has 0 saturated carbocycles. The van der Waals surface area contributed by atoms with Crippen molar-refractivity contribution in [3.8, 4) is 5.75 Å². The van der Waals surface area contributed by atoms with E-state index in [-0.39, 0.29) is 6.04 Å². The van der Waals surface area contributed by atoms with Crippen LogP contribution < -0.4 is 10.1 Å². The third-order valence-electron chi connectivity index (χ3n) is 4.14. The van der Waals surface area contributed by atoms with E-state index in [0.717, 1.165) is 43.9 Å². The van der Waals surface area contributed by atoms with Gasteiger partial charge in [-0.05, 0) is 55.1 Å². The summed E-state index contributed by atoms with van der Waals surface area (Å²) in [6.45, 7) is 6.02. The standard InChI is InChI=1S/C18H23NO2/c1-3-19-16(18-13(2)8-10-21-18)6-4-14-5-7-17-15(12-14)9-11-20-17/h5,7-8,10,12,16,19H,3-4,6,9,11H2,1-2H3. The lowest BCUT2D eigenvalue weighted by Gasteiger charge is -2.17. The highest BCUT2D eigenvalue weighted by molar-refractivity contribution is 5.39. The van der Waals surface area contributed by atoms with E-state index < -0.39 is 0 Å². The Morgan fingerprint density at radius 3 is 2.95 bits per heavy atom. The minimum atomic E-state index is 0.287. The van der Waals surface area contributed by atoms with E-state index in [4.69, 9.17) is 9.15 Å². The fourth-order valence-electron chi connectivity index (χ4n) is 3.02. The zero-order valence-corrected chi connectivity index (χ0v) is 12.8. The minimum absolute atomic E-state index is 0.287. The van der Waals surface area contributed by atoms with Crippen LogP contribution in [0.1, 0.15) is 41.8 Å². The maximum absolute atomic E-state index is 5.66. The number of furan rings is 1. The normalized spacial score (nSPS) is 14.8. The Morgan fingerprint density at radius 2 is 2.19 bits per heavy atom. The van der Waals surface area contributed by atoms with Gasteiger partial charge in [-0.3, -0.25) is 0 Å². The summed E-state index contributed by atoms with van der Waals surface area (Å²) in [7, 11) is 0. The minimum Gasteiger partial charge on any atom is -0.493 e. The van der Waals surface area contributed by atoms with Crippen molar-refractivity contribution in [1.82, 2.24) is 5.32 Å². The van der Waals surface area contributed by atoms with Gasteiger partial charge < -0.3 is 14.5 Å². The first kappa shape index (κ1) is 14.2. The molecule has 3 rings (SSSR count). The van der Waals surface area contributed by atoms with Crippen molar-refractivity contribution in [2.24, 2.45) is 0 Å². The van der Waals surface area contributed by atoms with Crippen LogP contribution >= 0.6 is 0 Å². The van der Waals surface area contributed by atoms with Gasteiger partial charge in [0.1, 0.15) is 11.5 Å². The molecule has 0 spiro atoms. The fourth-order valence-corrected chi connectivity index (χ4v) is 3.02. The van der Waals surface area contributed by atoms with Crippen LogP contribution in [0.2, 0.25) is 0 Å². The Bertz CT molecular complexity index is 603. The van der Waals surface area contributed by atoms with Crippen LogP contribution in [-0.4, -0.2) is 13.2 Å². The zero-order valence-electron chi connectivity index (χ0n) is 12.8. The van der Waals surface area contributed by atoms with Gasteiger partial charge in [0.2, 0.25) is 0 Å². The van der Waals surface area contributed by atoms with Crippen molar-refractivity contribution >= 4 is 0 Å². The summed E-state index contributed by atoms with van der Waals surface area (Å²) in [5.41, 5.74) is 3.95. The number of rotatable bonds is 6. The average molecular weight is 285 g/mol. The summed E-state index contributed by atoms with van der Waals surface area (Å²) in [5, 5.41) is 3.53. The first-order chi connectivity index (χ1) is 10.3. The molecule has 1 aliphatic heterocycles. The molecule has 1 aliphatic rings. The predicted molar refractivity (Wildman–Crippen MR) is 83.8 cm³/mol. The van der Waals surface area contributed by atoms with E-state index in [2.05, 4.69) is 37.4 Å². The van der Waals surface area contributed by atoms with Gasteiger partial charge in [0.25, 0.3) is 0 Å². The molecule has 1 N–H and O–H groups in total. The lowest BCUT2D eigenvalue weighted by Crippen LogP contribution is -2.21. The number of aryl methyl sites for hydroxylation is 2. The molecule has 21 heavy (non-hydrogen) atoms. The Labute approximate surface area is 126 Å². The first-order valence-electron chi connectivity index (χ1n) is 7.80. The third kappa shape index (κ3) is 3.13. The molecule has 1 aromatic carbocycles. The second-order valence-electron chi connectivity index (χ2n) is 5.66. The van der Waals surface area contributed by atoms with Crippen molar-refractivity contribution in [3.63, 3.8) is 0 Å². The maximum Gasteiger partial charge on any atom is 0.123 e. The number of fused-ring (bicyclic) bond motifs is 1. The lowest BCUT2D eigenvalue weighted by molar-refractivity contribution is 0.356. The molecule has 1 unspecified atom stereocenters. The lowest BCUT2D eigenvalue weighted by atomic mass is 9.99. The molecule has 0 aliphatic carbocycles. The molecule has 2 heterocycles. The highest BCUT2D eigenvalue weighted by Crippen LogP contribution is 2.28. The molecule has 0 amide bonds. The van der Waals surface area contributed by atoms with Crippen molar-refractivity contribution < 1.29 is 9.15 Å². The SMILES string of the molecule is CCNC(CCc1ccc2c(c1)CCO2)c1occc1C. The number of ether oxygens (including phenoxy) is 1. The summed E-state index contributed by atoms with van der Waals surface area (Å²) in [6, 6.07) is 8.90. The van der Waals surface area contributed by atoms with E-state index in [1.165, 1.54) is 16.7 Å².